The highest BCUT2D eigenvalue weighted by atomic mass is 16.5. The Bertz CT molecular complexity index is 1450. The van der Waals surface area contributed by atoms with Gasteiger partial charge in [-0.15, -0.1) is 0 Å². The number of ether oxygens (including phenoxy) is 2. The lowest BCUT2D eigenvalue weighted by Crippen LogP contribution is -2.56. The summed E-state index contributed by atoms with van der Waals surface area (Å²) < 4.78 is 11.8. The molecule has 0 spiro atoms. The number of fused-ring (bicyclic) bond motifs is 4. The zero-order valence-corrected chi connectivity index (χ0v) is 24.2. The van der Waals surface area contributed by atoms with Gasteiger partial charge in [0.15, 0.2) is 11.5 Å². The highest BCUT2D eigenvalue weighted by Crippen LogP contribution is 2.51. The summed E-state index contributed by atoms with van der Waals surface area (Å²) in [6, 6.07) is 12.6. The number of aliphatic hydroxyl groups excluding tert-OH is 3. The predicted octanol–water partition coefficient (Wildman–Crippen LogP) is 2.41. The van der Waals surface area contributed by atoms with E-state index in [1.807, 2.05) is 38.1 Å². The number of H-pyrrole nitrogens is 1. The van der Waals surface area contributed by atoms with Gasteiger partial charge < -0.3 is 40.0 Å². The number of amides is 2. The van der Waals surface area contributed by atoms with E-state index in [4.69, 9.17) is 9.47 Å². The fourth-order valence-corrected chi connectivity index (χ4v) is 6.03. The maximum atomic E-state index is 13.7. The summed E-state index contributed by atoms with van der Waals surface area (Å²) in [4.78, 5) is 32.2. The molecule has 1 aliphatic carbocycles. The Kier molecular flexibility index (Phi) is 8.86. The molecule has 0 radical (unpaired) electrons. The van der Waals surface area contributed by atoms with E-state index < -0.39 is 30.1 Å². The Balaban J connectivity index is 1.54. The molecule has 2 aromatic carbocycles. The van der Waals surface area contributed by atoms with Gasteiger partial charge in [0.2, 0.25) is 11.8 Å². The van der Waals surface area contributed by atoms with E-state index in [0.717, 1.165) is 16.6 Å². The second-order valence-electron chi connectivity index (χ2n) is 11.3. The number of methoxy groups -OCH3 is 1. The van der Waals surface area contributed by atoms with Crippen LogP contribution in [0, 0.1) is 5.92 Å². The Morgan fingerprint density at radius 1 is 1.17 bits per heavy atom. The number of hydrogen-bond donors (Lipinski definition) is 5. The van der Waals surface area contributed by atoms with E-state index in [0.29, 0.717) is 41.2 Å². The minimum atomic E-state index is -1.15. The van der Waals surface area contributed by atoms with Crippen LogP contribution in [0.1, 0.15) is 43.0 Å². The van der Waals surface area contributed by atoms with E-state index in [1.165, 1.54) is 7.11 Å². The molecule has 0 unspecified atom stereocenters. The van der Waals surface area contributed by atoms with Crippen LogP contribution in [0.25, 0.3) is 10.9 Å². The molecule has 2 aliphatic rings. The maximum Gasteiger partial charge on any atom is 0.247 e. The number of aromatic amines is 1. The fraction of sp³-hybridized carbons (Fsp3) is 0.438. The second kappa shape index (κ2) is 12.6. The molecule has 0 bridgehead atoms. The van der Waals surface area contributed by atoms with E-state index in [-0.39, 0.29) is 38.0 Å². The Morgan fingerprint density at radius 2 is 1.95 bits per heavy atom. The van der Waals surface area contributed by atoms with Crippen LogP contribution in [0.5, 0.6) is 11.5 Å². The number of nitrogens with zero attached hydrogens (tertiary/aromatic N) is 1. The normalized spacial score (nSPS) is 21.0. The predicted molar refractivity (Wildman–Crippen MR) is 157 cm³/mol. The molecule has 5 N–H and O–H groups in total. The van der Waals surface area contributed by atoms with Gasteiger partial charge in [0, 0.05) is 48.3 Å². The van der Waals surface area contributed by atoms with Gasteiger partial charge in [0.05, 0.1) is 32.3 Å². The summed E-state index contributed by atoms with van der Waals surface area (Å²) in [6.07, 6.45) is 0.426. The number of benzene rings is 2. The summed E-state index contributed by atoms with van der Waals surface area (Å²) in [5, 5.41) is 34.8. The van der Waals surface area contributed by atoms with Crippen molar-refractivity contribution < 1.29 is 34.4 Å². The van der Waals surface area contributed by atoms with Gasteiger partial charge >= 0.3 is 0 Å². The first-order chi connectivity index (χ1) is 20.2. The van der Waals surface area contributed by atoms with E-state index in [9.17, 15) is 24.9 Å². The quantitative estimate of drug-likeness (QED) is 0.235. The number of aliphatic hydroxyl groups is 3. The van der Waals surface area contributed by atoms with Crippen LogP contribution in [0.2, 0.25) is 0 Å². The molecule has 0 fully saturated rings. The molecule has 0 saturated heterocycles. The zero-order chi connectivity index (χ0) is 30.0. The van der Waals surface area contributed by atoms with Gasteiger partial charge in [0.25, 0.3) is 0 Å². The first kappa shape index (κ1) is 29.6. The smallest absolute Gasteiger partial charge is 0.247 e. The van der Waals surface area contributed by atoms with Crippen molar-refractivity contribution in [3.63, 3.8) is 0 Å². The SMILES string of the molecule is COc1cc(CO)cc2c1O[C@@H]1[C@@H](O)[C@H](N(CCc3cc4ccccc4[nH]3)C(=O)CC(C)C)C=C(C(=O)NCCO)[C@H]21. The number of carbonyl (C=O) groups is 2. The molecule has 2 heterocycles. The van der Waals surface area contributed by atoms with Crippen LogP contribution in [-0.4, -0.2) is 82.1 Å². The third kappa shape index (κ3) is 5.74. The van der Waals surface area contributed by atoms with Gasteiger partial charge in [-0.25, -0.2) is 0 Å². The lowest BCUT2D eigenvalue weighted by Gasteiger charge is -2.41. The van der Waals surface area contributed by atoms with E-state index >= 15 is 0 Å². The van der Waals surface area contributed by atoms with Crippen molar-refractivity contribution in [1.29, 1.82) is 0 Å². The Hall–Kier alpha value is -3.86. The van der Waals surface area contributed by atoms with Gasteiger partial charge in [-0.1, -0.05) is 32.0 Å². The molecule has 1 aliphatic heterocycles. The van der Waals surface area contributed by atoms with Crippen LogP contribution >= 0.6 is 0 Å². The van der Waals surface area contributed by atoms with Crippen molar-refractivity contribution in [2.75, 3.05) is 26.8 Å². The molecule has 42 heavy (non-hydrogen) atoms. The number of aromatic nitrogens is 1. The summed E-state index contributed by atoms with van der Waals surface area (Å²) >= 11 is 0. The lowest BCUT2D eigenvalue weighted by atomic mass is 9.77. The average molecular weight is 578 g/mol. The molecule has 3 aromatic rings. The average Bonchev–Trinajstić information content (AvgIpc) is 3.58. The number of nitrogens with one attached hydrogen (secondary N) is 2. The minimum absolute atomic E-state index is 0.0465. The van der Waals surface area contributed by atoms with Crippen molar-refractivity contribution in [2.45, 2.75) is 57.5 Å². The summed E-state index contributed by atoms with van der Waals surface area (Å²) in [7, 11) is 1.49. The molecule has 10 heteroatoms. The molecule has 10 nitrogen and oxygen atoms in total. The summed E-state index contributed by atoms with van der Waals surface area (Å²) in [5.74, 6) is -0.356. The van der Waals surface area contributed by atoms with Crippen molar-refractivity contribution >= 4 is 22.7 Å². The van der Waals surface area contributed by atoms with Crippen molar-refractivity contribution in [2.24, 2.45) is 5.92 Å². The van der Waals surface area contributed by atoms with E-state index in [2.05, 4.69) is 16.4 Å². The highest BCUT2D eigenvalue weighted by molar-refractivity contribution is 5.96. The van der Waals surface area contributed by atoms with Crippen LogP contribution in [0.3, 0.4) is 0 Å². The number of rotatable bonds is 11. The molecular weight excluding hydrogens is 538 g/mol. The van der Waals surface area contributed by atoms with Crippen molar-refractivity contribution in [3.8, 4) is 11.5 Å². The topological polar surface area (TPSA) is 144 Å². The second-order valence-corrected chi connectivity index (χ2v) is 11.3. The first-order valence-electron chi connectivity index (χ1n) is 14.4. The number of para-hydroxylation sites is 1. The van der Waals surface area contributed by atoms with Gasteiger partial charge in [-0.3, -0.25) is 9.59 Å². The Labute approximate surface area is 244 Å². The van der Waals surface area contributed by atoms with Gasteiger partial charge in [-0.05, 0) is 47.2 Å². The first-order valence-corrected chi connectivity index (χ1v) is 14.4. The standard InChI is InChI=1S/C32H39N3O7/c1-18(2)12-27(38)35(10-8-21-15-20-6-4-5-7-24(20)34-21)25-16-23(32(40)33-9-11-36)28-22-13-19(17-37)14-26(41-3)30(22)42-31(28)29(25)39/h4-7,13-16,18,25,28-29,31,34,36-37,39H,8-12,17H2,1-3H3,(H,33,40)/t25-,28+,29+,31+/m1/s1. The minimum Gasteiger partial charge on any atom is -0.493 e. The van der Waals surface area contributed by atoms with Gasteiger partial charge in [-0.2, -0.15) is 0 Å². The zero-order valence-electron chi connectivity index (χ0n) is 24.2. The van der Waals surface area contributed by atoms with E-state index in [1.54, 1.807) is 23.1 Å². The van der Waals surface area contributed by atoms with Crippen LogP contribution in [-0.2, 0) is 22.6 Å². The monoisotopic (exact) mass is 577 g/mol. The molecule has 5 rings (SSSR count). The van der Waals surface area contributed by atoms with Gasteiger partial charge in [0.1, 0.15) is 12.2 Å². The third-order valence-electron chi connectivity index (χ3n) is 7.97. The number of carbonyl (C=O) groups excluding carboxylic acids is 2. The van der Waals surface area contributed by atoms with Crippen LogP contribution in [0.15, 0.2) is 54.1 Å². The van der Waals surface area contributed by atoms with Crippen LogP contribution in [0.4, 0.5) is 0 Å². The van der Waals surface area contributed by atoms with Crippen molar-refractivity contribution in [3.05, 3.63) is 70.9 Å². The third-order valence-corrected chi connectivity index (χ3v) is 7.97. The molecule has 4 atom stereocenters. The molecule has 2 amide bonds. The lowest BCUT2D eigenvalue weighted by molar-refractivity contribution is -0.137. The largest absolute Gasteiger partial charge is 0.493 e. The fourth-order valence-electron chi connectivity index (χ4n) is 6.03. The summed E-state index contributed by atoms with van der Waals surface area (Å²) in [5.41, 5.74) is 3.48. The molecule has 224 valence electrons. The highest BCUT2D eigenvalue weighted by Gasteiger charge is 2.51. The molecule has 1 aromatic heterocycles. The summed E-state index contributed by atoms with van der Waals surface area (Å²) in [6.45, 7) is 3.81. The Morgan fingerprint density at radius 3 is 2.64 bits per heavy atom. The van der Waals surface area contributed by atoms with Crippen LogP contribution < -0.4 is 14.8 Å². The van der Waals surface area contributed by atoms with Crippen molar-refractivity contribution in [1.82, 2.24) is 15.2 Å². The molecule has 0 saturated carbocycles. The number of hydrogen-bond acceptors (Lipinski definition) is 7. The maximum absolute atomic E-state index is 13.7. The molecular formula is C32H39N3O7.